The third kappa shape index (κ3) is 2.43. The number of ether oxygens (including phenoxy) is 1. The monoisotopic (exact) mass is 299 g/mol. The Kier molecular flexibility index (Phi) is 3.47. The number of aromatic nitrogens is 1. The molecule has 2 aliphatic rings. The highest BCUT2D eigenvalue weighted by molar-refractivity contribution is 6.29. The number of nitrogens with zero attached hydrogens (tertiary/aromatic N) is 2. The Labute approximate surface area is 127 Å². The highest BCUT2D eigenvalue weighted by Gasteiger charge is 2.29. The molecular weight excluding hydrogens is 288 g/mol. The lowest BCUT2D eigenvalue weighted by Crippen LogP contribution is -2.17. The molecule has 1 aromatic heterocycles. The van der Waals surface area contributed by atoms with Crippen LogP contribution in [0.2, 0.25) is 5.15 Å². The zero-order chi connectivity index (χ0) is 15.0. The lowest BCUT2D eigenvalue weighted by atomic mass is 9.90. The molecule has 0 N–H and O–H groups in total. The molecule has 2 heterocycles. The largest absolute Gasteiger partial charge is 0.496 e. The molecular formula is C16H12ClN2O2. The molecule has 0 spiro atoms. The van der Waals surface area contributed by atoms with Crippen LogP contribution in [0.5, 0.6) is 0 Å². The van der Waals surface area contributed by atoms with Crippen molar-refractivity contribution in [3.63, 3.8) is 0 Å². The van der Waals surface area contributed by atoms with Crippen LogP contribution in [0.15, 0.2) is 52.0 Å². The average molecular weight is 300 g/mol. The number of Topliss-reactive ketones (excluding diaryl/α,β-unsaturated/α-hetero) is 1. The van der Waals surface area contributed by atoms with E-state index in [0.717, 1.165) is 11.4 Å². The summed E-state index contributed by atoms with van der Waals surface area (Å²) in [5, 5.41) is 0.348. The second-order valence-electron chi connectivity index (χ2n) is 4.69. The Bertz CT molecular complexity index is 740. The Balaban J connectivity index is 2.11. The van der Waals surface area contributed by atoms with E-state index in [1.807, 2.05) is 13.0 Å². The summed E-state index contributed by atoms with van der Waals surface area (Å²) in [6.07, 6.45) is 7.10. The summed E-state index contributed by atoms with van der Waals surface area (Å²) < 4.78 is 5.35. The van der Waals surface area contributed by atoms with Crippen LogP contribution in [0.25, 0.3) is 0 Å². The van der Waals surface area contributed by atoms with Crippen molar-refractivity contribution in [3.05, 3.63) is 63.8 Å². The molecule has 1 aliphatic heterocycles. The van der Waals surface area contributed by atoms with Crippen LogP contribution in [-0.2, 0) is 4.74 Å². The van der Waals surface area contributed by atoms with Gasteiger partial charge in [0.1, 0.15) is 10.9 Å². The van der Waals surface area contributed by atoms with Gasteiger partial charge in [-0.25, -0.2) is 4.98 Å². The Morgan fingerprint density at radius 2 is 2.24 bits per heavy atom. The minimum atomic E-state index is -0.170. The number of pyridine rings is 1. The standard InChI is InChI=1S/C16H12ClN2O2/c1-9-7-11-12(19-9)4-5-13(21-2)15(11)16(20)10-3-6-14(17)18-8-10/h3,5-6,8H,4H2,1-2H3. The molecule has 0 fully saturated rings. The van der Waals surface area contributed by atoms with Crippen LogP contribution < -0.4 is 0 Å². The first-order chi connectivity index (χ1) is 10.1. The van der Waals surface area contributed by atoms with Crippen molar-refractivity contribution in [2.45, 2.75) is 13.3 Å². The van der Waals surface area contributed by atoms with Crippen LogP contribution in [-0.4, -0.2) is 23.6 Å². The van der Waals surface area contributed by atoms with E-state index in [1.54, 1.807) is 19.2 Å². The predicted molar refractivity (Wildman–Crippen MR) is 80.2 cm³/mol. The van der Waals surface area contributed by atoms with E-state index < -0.39 is 0 Å². The maximum Gasteiger partial charge on any atom is 0.198 e. The summed E-state index contributed by atoms with van der Waals surface area (Å²) in [4.78, 5) is 21.1. The molecule has 21 heavy (non-hydrogen) atoms. The van der Waals surface area contributed by atoms with Gasteiger partial charge in [-0.1, -0.05) is 11.6 Å². The Morgan fingerprint density at radius 3 is 2.90 bits per heavy atom. The number of halogens is 1. The van der Waals surface area contributed by atoms with E-state index >= 15 is 0 Å². The number of hydrogen-bond acceptors (Lipinski definition) is 4. The average Bonchev–Trinajstić information content (AvgIpc) is 2.86. The van der Waals surface area contributed by atoms with Gasteiger partial charge in [0.25, 0.3) is 0 Å². The van der Waals surface area contributed by atoms with Crippen molar-refractivity contribution in [1.82, 2.24) is 4.98 Å². The lowest BCUT2D eigenvalue weighted by Gasteiger charge is -2.17. The van der Waals surface area contributed by atoms with E-state index in [0.29, 0.717) is 34.0 Å². The molecule has 4 nitrogen and oxygen atoms in total. The third-order valence-electron chi connectivity index (χ3n) is 3.31. The zero-order valence-electron chi connectivity index (χ0n) is 11.6. The molecule has 0 unspecified atom stereocenters. The first-order valence-corrected chi connectivity index (χ1v) is 6.81. The fourth-order valence-corrected chi connectivity index (χ4v) is 2.49. The number of rotatable bonds is 3. The first-order valence-electron chi connectivity index (χ1n) is 6.43. The quantitative estimate of drug-likeness (QED) is 0.635. The molecule has 1 aliphatic carbocycles. The highest BCUT2D eigenvalue weighted by Crippen LogP contribution is 2.32. The van der Waals surface area contributed by atoms with E-state index in [2.05, 4.69) is 16.1 Å². The maximum absolute atomic E-state index is 12.8. The molecule has 0 saturated carbocycles. The Morgan fingerprint density at radius 1 is 1.43 bits per heavy atom. The van der Waals surface area contributed by atoms with Crippen molar-refractivity contribution in [1.29, 1.82) is 0 Å². The van der Waals surface area contributed by atoms with Crippen LogP contribution in [0.1, 0.15) is 23.7 Å². The topological polar surface area (TPSA) is 51.5 Å². The predicted octanol–water partition coefficient (Wildman–Crippen LogP) is 3.31. The van der Waals surface area contributed by atoms with Gasteiger partial charge in [0, 0.05) is 35.5 Å². The number of methoxy groups -OCH3 is 1. The summed E-state index contributed by atoms with van der Waals surface area (Å²) in [5.74, 6) is 0.378. The van der Waals surface area contributed by atoms with Crippen molar-refractivity contribution >= 4 is 23.1 Å². The van der Waals surface area contributed by atoms with Gasteiger partial charge in [-0.05, 0) is 25.1 Å². The number of hydrogen-bond donors (Lipinski definition) is 0. The second kappa shape index (κ2) is 5.30. The van der Waals surface area contributed by atoms with E-state index in [4.69, 9.17) is 16.3 Å². The molecule has 0 saturated heterocycles. The molecule has 0 bridgehead atoms. The van der Waals surface area contributed by atoms with E-state index in [1.165, 1.54) is 6.20 Å². The van der Waals surface area contributed by atoms with Crippen LogP contribution in [0.3, 0.4) is 0 Å². The summed E-state index contributed by atoms with van der Waals surface area (Å²) >= 11 is 5.76. The fraction of sp³-hybridized carbons (Fsp3) is 0.188. The van der Waals surface area contributed by atoms with Gasteiger partial charge in [0.2, 0.25) is 0 Å². The first kappa shape index (κ1) is 13.8. The van der Waals surface area contributed by atoms with Gasteiger partial charge in [0.05, 0.1) is 18.4 Å². The van der Waals surface area contributed by atoms with Crippen LogP contribution in [0, 0.1) is 6.08 Å². The molecule has 1 aromatic rings. The summed E-state index contributed by atoms with van der Waals surface area (Å²) in [7, 11) is 1.55. The minimum Gasteiger partial charge on any atom is -0.496 e. The molecule has 0 aromatic carbocycles. The second-order valence-corrected chi connectivity index (χ2v) is 5.08. The van der Waals surface area contributed by atoms with Crippen LogP contribution in [0.4, 0.5) is 0 Å². The lowest BCUT2D eigenvalue weighted by molar-refractivity contribution is 0.102. The van der Waals surface area contributed by atoms with E-state index in [-0.39, 0.29) is 5.78 Å². The zero-order valence-corrected chi connectivity index (χ0v) is 12.4. The number of aliphatic imine (C=N–C) groups is 1. The van der Waals surface area contributed by atoms with Crippen molar-refractivity contribution in [3.8, 4) is 0 Å². The minimum absolute atomic E-state index is 0.170. The number of fused-ring (bicyclic) bond motifs is 1. The summed E-state index contributed by atoms with van der Waals surface area (Å²) in [5.41, 5.74) is 3.26. The normalized spacial score (nSPS) is 17.0. The van der Waals surface area contributed by atoms with Gasteiger partial charge in [-0.3, -0.25) is 9.79 Å². The summed E-state index contributed by atoms with van der Waals surface area (Å²) in [6.45, 7) is 1.86. The molecule has 5 heteroatoms. The Hall–Kier alpha value is -2.20. The molecule has 0 amide bonds. The maximum atomic E-state index is 12.8. The number of carbonyl (C=O) groups is 1. The molecule has 1 radical (unpaired) electrons. The van der Waals surface area contributed by atoms with Gasteiger partial charge in [0.15, 0.2) is 5.78 Å². The van der Waals surface area contributed by atoms with Gasteiger partial charge in [-0.15, -0.1) is 0 Å². The van der Waals surface area contributed by atoms with Crippen molar-refractivity contribution in [2.24, 2.45) is 4.99 Å². The number of ketones is 1. The van der Waals surface area contributed by atoms with Gasteiger partial charge in [-0.2, -0.15) is 0 Å². The van der Waals surface area contributed by atoms with Gasteiger partial charge >= 0.3 is 0 Å². The smallest absolute Gasteiger partial charge is 0.198 e. The number of carbonyl (C=O) groups excluding carboxylic acids is 1. The number of allylic oxidation sites excluding steroid dienone is 5. The molecule has 0 atom stereocenters. The SMILES string of the molecule is COC1=CCC2=NC(C)=[C]C2=C1C(=O)c1ccc(Cl)nc1. The molecule has 3 rings (SSSR count). The van der Waals surface area contributed by atoms with Gasteiger partial charge < -0.3 is 4.74 Å². The fourth-order valence-electron chi connectivity index (χ4n) is 2.37. The highest BCUT2D eigenvalue weighted by atomic mass is 35.5. The van der Waals surface area contributed by atoms with Crippen molar-refractivity contribution < 1.29 is 9.53 Å². The third-order valence-corrected chi connectivity index (χ3v) is 3.53. The van der Waals surface area contributed by atoms with Crippen LogP contribution >= 0.6 is 11.6 Å². The summed E-state index contributed by atoms with van der Waals surface area (Å²) in [6, 6.07) is 3.24. The van der Waals surface area contributed by atoms with Crippen molar-refractivity contribution in [2.75, 3.05) is 7.11 Å². The molecule has 105 valence electrons. The van der Waals surface area contributed by atoms with E-state index in [9.17, 15) is 4.79 Å².